The first-order valence-corrected chi connectivity index (χ1v) is 7.03. The minimum absolute atomic E-state index is 0.0281. The molecule has 0 saturated carbocycles. The second-order valence-corrected chi connectivity index (χ2v) is 5.37. The van der Waals surface area contributed by atoms with Gasteiger partial charge >= 0.3 is 0 Å². The van der Waals surface area contributed by atoms with Crippen molar-refractivity contribution >= 4 is 27.5 Å². The quantitative estimate of drug-likeness (QED) is 0.934. The second kappa shape index (κ2) is 6.52. The lowest BCUT2D eigenvalue weighted by Gasteiger charge is -2.19. The first-order chi connectivity index (χ1) is 9.61. The summed E-state index contributed by atoms with van der Waals surface area (Å²) in [6.45, 7) is 0.567. The Labute approximate surface area is 127 Å². The maximum atomic E-state index is 12.4. The zero-order valence-electron chi connectivity index (χ0n) is 11.4. The van der Waals surface area contributed by atoms with Crippen molar-refractivity contribution in [2.75, 3.05) is 19.4 Å². The van der Waals surface area contributed by atoms with Crippen molar-refractivity contribution in [1.29, 1.82) is 0 Å². The Balaban J connectivity index is 2.14. The first-order valence-electron chi connectivity index (χ1n) is 6.23. The minimum Gasteiger partial charge on any atom is -0.386 e. The molecule has 0 fully saturated rings. The number of benzene rings is 1. The van der Waals surface area contributed by atoms with Gasteiger partial charge in [0.05, 0.1) is 17.4 Å². The topological polar surface area (TPSA) is 45.2 Å². The smallest absolute Gasteiger partial charge is 0.256 e. The van der Waals surface area contributed by atoms with Crippen LogP contribution in [0.2, 0.25) is 0 Å². The number of hydrogen-bond donors (Lipinski definition) is 1. The molecule has 0 aliphatic heterocycles. The van der Waals surface area contributed by atoms with Crippen LogP contribution < -0.4 is 5.32 Å². The molecule has 0 bridgehead atoms. The van der Waals surface area contributed by atoms with Crippen LogP contribution in [0.4, 0.5) is 5.69 Å². The molecule has 0 saturated heterocycles. The number of anilines is 1. The van der Waals surface area contributed by atoms with Gasteiger partial charge in [-0.2, -0.15) is 0 Å². The van der Waals surface area contributed by atoms with Gasteiger partial charge in [-0.05, 0) is 23.8 Å². The average Bonchev–Trinajstić information content (AvgIpc) is 2.48. The van der Waals surface area contributed by atoms with Crippen LogP contribution in [0.25, 0.3) is 0 Å². The van der Waals surface area contributed by atoms with Crippen molar-refractivity contribution in [2.45, 2.75) is 6.54 Å². The lowest BCUT2D eigenvalue weighted by atomic mass is 10.1. The number of pyridine rings is 1. The summed E-state index contributed by atoms with van der Waals surface area (Å²) >= 11 is 3.40. The molecule has 0 aliphatic rings. The molecule has 4 nitrogen and oxygen atoms in total. The minimum atomic E-state index is -0.0281. The lowest BCUT2D eigenvalue weighted by molar-refractivity contribution is 0.0786. The van der Waals surface area contributed by atoms with E-state index < -0.39 is 0 Å². The molecule has 2 rings (SSSR count). The molecule has 1 N–H and O–H groups in total. The van der Waals surface area contributed by atoms with Crippen LogP contribution in [-0.2, 0) is 6.54 Å². The highest BCUT2D eigenvalue weighted by atomic mass is 79.9. The van der Waals surface area contributed by atoms with Gasteiger partial charge in [0, 0.05) is 31.3 Å². The van der Waals surface area contributed by atoms with E-state index in [0.29, 0.717) is 12.1 Å². The molecule has 2 aromatic rings. The van der Waals surface area contributed by atoms with Crippen molar-refractivity contribution in [3.63, 3.8) is 0 Å². The van der Waals surface area contributed by atoms with E-state index in [9.17, 15) is 4.79 Å². The number of amides is 1. The predicted molar refractivity (Wildman–Crippen MR) is 83.7 cm³/mol. The van der Waals surface area contributed by atoms with Gasteiger partial charge in [0.15, 0.2) is 0 Å². The Kier molecular flexibility index (Phi) is 4.74. The summed E-state index contributed by atoms with van der Waals surface area (Å²) in [7, 11) is 3.58. The Hall–Kier alpha value is -1.88. The molecule has 0 atom stereocenters. The molecule has 0 unspecified atom stereocenters. The molecule has 0 aliphatic carbocycles. The molecule has 0 spiro atoms. The third-order valence-electron chi connectivity index (χ3n) is 3.00. The van der Waals surface area contributed by atoms with Crippen molar-refractivity contribution in [3.8, 4) is 0 Å². The van der Waals surface area contributed by atoms with E-state index in [1.165, 1.54) is 0 Å². The maximum Gasteiger partial charge on any atom is 0.256 e. The highest BCUT2D eigenvalue weighted by Gasteiger charge is 2.15. The number of carbonyl (C=O) groups excluding carboxylic acids is 1. The van der Waals surface area contributed by atoms with Crippen LogP contribution in [0.1, 0.15) is 15.9 Å². The molecule has 1 aromatic carbocycles. The Morgan fingerprint density at radius 1 is 1.30 bits per heavy atom. The van der Waals surface area contributed by atoms with Gasteiger partial charge in [0.2, 0.25) is 0 Å². The number of rotatable bonds is 4. The van der Waals surface area contributed by atoms with E-state index in [2.05, 4.69) is 26.2 Å². The molecule has 5 heteroatoms. The predicted octanol–water partition coefficient (Wildman–Crippen LogP) is 3.16. The summed E-state index contributed by atoms with van der Waals surface area (Å²) < 4.78 is 1.03. The van der Waals surface area contributed by atoms with Crippen LogP contribution >= 0.6 is 15.9 Å². The maximum absolute atomic E-state index is 12.4. The van der Waals surface area contributed by atoms with Crippen LogP contribution in [0.15, 0.2) is 47.2 Å². The summed E-state index contributed by atoms with van der Waals surface area (Å²) in [5.74, 6) is -0.0281. The number of nitrogens with zero attached hydrogens (tertiary/aromatic N) is 2. The van der Waals surface area contributed by atoms with E-state index in [-0.39, 0.29) is 5.91 Å². The summed E-state index contributed by atoms with van der Waals surface area (Å²) in [6.07, 6.45) is 3.28. The molecule has 1 heterocycles. The highest BCUT2D eigenvalue weighted by Crippen LogP contribution is 2.17. The number of halogens is 1. The Bertz CT molecular complexity index is 598. The van der Waals surface area contributed by atoms with E-state index in [0.717, 1.165) is 15.7 Å². The monoisotopic (exact) mass is 333 g/mol. The summed E-state index contributed by atoms with van der Waals surface area (Å²) in [6, 6.07) is 9.67. The molecule has 0 radical (unpaired) electrons. The van der Waals surface area contributed by atoms with Crippen LogP contribution in [0, 0.1) is 0 Å². The number of hydrogen-bond acceptors (Lipinski definition) is 3. The molecular formula is C15H16BrN3O. The zero-order valence-corrected chi connectivity index (χ0v) is 13.0. The standard InChI is InChI=1S/C15H16BrN3O/c1-17-14-9-18-8-7-13(14)15(20)19(2)10-11-3-5-12(16)6-4-11/h3-9,17H,10H2,1-2H3. The van der Waals surface area contributed by atoms with Crippen LogP contribution in [0.3, 0.4) is 0 Å². The number of nitrogens with one attached hydrogen (secondary N) is 1. The molecule has 1 aromatic heterocycles. The second-order valence-electron chi connectivity index (χ2n) is 4.46. The molecule has 104 valence electrons. The van der Waals surface area contributed by atoms with Gasteiger partial charge < -0.3 is 10.2 Å². The largest absolute Gasteiger partial charge is 0.386 e. The summed E-state index contributed by atoms with van der Waals surface area (Å²) in [5.41, 5.74) is 2.45. The fraction of sp³-hybridized carbons (Fsp3) is 0.200. The fourth-order valence-electron chi connectivity index (χ4n) is 1.92. The third kappa shape index (κ3) is 3.36. The first kappa shape index (κ1) is 14.5. The van der Waals surface area contributed by atoms with Crippen molar-refractivity contribution in [3.05, 3.63) is 58.3 Å². The Morgan fingerprint density at radius 2 is 2.00 bits per heavy atom. The summed E-state index contributed by atoms with van der Waals surface area (Å²) in [5, 5.41) is 2.99. The van der Waals surface area contributed by atoms with Gasteiger partial charge in [-0.25, -0.2) is 0 Å². The van der Waals surface area contributed by atoms with Crippen LogP contribution in [0.5, 0.6) is 0 Å². The van der Waals surface area contributed by atoms with Gasteiger partial charge in [-0.15, -0.1) is 0 Å². The van der Waals surface area contributed by atoms with Gasteiger partial charge in [-0.1, -0.05) is 28.1 Å². The number of aromatic nitrogens is 1. The lowest BCUT2D eigenvalue weighted by Crippen LogP contribution is -2.26. The normalized spacial score (nSPS) is 10.2. The molecule has 1 amide bonds. The van der Waals surface area contributed by atoms with Crippen LogP contribution in [-0.4, -0.2) is 29.9 Å². The van der Waals surface area contributed by atoms with Gasteiger partial charge in [-0.3, -0.25) is 9.78 Å². The van der Waals surface area contributed by atoms with E-state index >= 15 is 0 Å². The molecule has 20 heavy (non-hydrogen) atoms. The van der Waals surface area contributed by atoms with Crippen molar-refractivity contribution in [2.24, 2.45) is 0 Å². The fourth-order valence-corrected chi connectivity index (χ4v) is 2.19. The van der Waals surface area contributed by atoms with Gasteiger partial charge in [0.25, 0.3) is 5.91 Å². The zero-order chi connectivity index (χ0) is 14.5. The van der Waals surface area contributed by atoms with Crippen molar-refractivity contribution < 1.29 is 4.79 Å². The van der Waals surface area contributed by atoms with Gasteiger partial charge in [0.1, 0.15) is 0 Å². The van der Waals surface area contributed by atoms with Crippen molar-refractivity contribution in [1.82, 2.24) is 9.88 Å². The average molecular weight is 334 g/mol. The SMILES string of the molecule is CNc1cnccc1C(=O)N(C)Cc1ccc(Br)cc1. The number of carbonyl (C=O) groups is 1. The highest BCUT2D eigenvalue weighted by molar-refractivity contribution is 9.10. The third-order valence-corrected chi connectivity index (χ3v) is 3.53. The molecular weight excluding hydrogens is 318 g/mol. The summed E-state index contributed by atoms with van der Waals surface area (Å²) in [4.78, 5) is 18.2. The Morgan fingerprint density at radius 3 is 2.65 bits per heavy atom. The van der Waals surface area contributed by atoms with E-state index in [4.69, 9.17) is 0 Å². The van der Waals surface area contributed by atoms with E-state index in [1.807, 2.05) is 24.3 Å². The van der Waals surface area contributed by atoms with E-state index in [1.54, 1.807) is 37.5 Å².